The number of anilines is 2. The molecule has 1 aromatic heterocycles. The molecule has 6 nitrogen and oxygen atoms in total. The predicted molar refractivity (Wildman–Crippen MR) is 126 cm³/mol. The Morgan fingerprint density at radius 1 is 0.906 bits per heavy atom. The molecule has 0 atom stereocenters. The van der Waals surface area contributed by atoms with Crippen LogP contribution in [-0.4, -0.2) is 27.5 Å². The second-order valence-corrected chi connectivity index (χ2v) is 7.43. The molecule has 4 aromatic rings. The maximum Gasteiger partial charge on any atom is 0.251 e. The molecule has 0 aliphatic rings. The molecule has 0 bridgehead atoms. The molecule has 0 unspecified atom stereocenters. The largest absolute Gasteiger partial charge is 0.508 e. The Balaban J connectivity index is 1.42. The van der Waals surface area contributed by atoms with E-state index < -0.39 is 0 Å². The van der Waals surface area contributed by atoms with Crippen LogP contribution in [0.4, 0.5) is 11.5 Å². The van der Waals surface area contributed by atoms with E-state index in [-0.39, 0.29) is 11.7 Å². The molecule has 1 heterocycles. The molecule has 3 N–H and O–H groups in total. The van der Waals surface area contributed by atoms with Crippen molar-refractivity contribution in [1.29, 1.82) is 0 Å². The van der Waals surface area contributed by atoms with Crippen molar-refractivity contribution < 1.29 is 9.90 Å². The van der Waals surface area contributed by atoms with Crippen LogP contribution in [0, 0.1) is 6.92 Å². The lowest BCUT2D eigenvalue weighted by Crippen LogP contribution is -2.25. The van der Waals surface area contributed by atoms with Gasteiger partial charge in [-0.05, 0) is 49.2 Å². The zero-order valence-electron chi connectivity index (χ0n) is 17.7. The third kappa shape index (κ3) is 5.49. The Labute approximate surface area is 187 Å². The van der Waals surface area contributed by atoms with Crippen molar-refractivity contribution in [2.45, 2.75) is 13.3 Å². The van der Waals surface area contributed by atoms with Gasteiger partial charge in [0.1, 0.15) is 17.4 Å². The molecule has 1 amide bonds. The first-order valence-corrected chi connectivity index (χ1v) is 10.4. The molecule has 0 aliphatic carbocycles. The maximum atomic E-state index is 12.6. The number of carbonyl (C=O) groups is 1. The van der Waals surface area contributed by atoms with Gasteiger partial charge in [0.2, 0.25) is 0 Å². The van der Waals surface area contributed by atoms with Gasteiger partial charge in [0.25, 0.3) is 5.91 Å². The molecule has 4 rings (SSSR count). The molecule has 6 heteroatoms. The number of phenols is 1. The van der Waals surface area contributed by atoms with Gasteiger partial charge >= 0.3 is 0 Å². The van der Waals surface area contributed by atoms with Crippen molar-refractivity contribution in [3.63, 3.8) is 0 Å². The second kappa shape index (κ2) is 9.75. The van der Waals surface area contributed by atoms with Crippen LogP contribution < -0.4 is 10.6 Å². The molecule has 32 heavy (non-hydrogen) atoms. The minimum atomic E-state index is -0.142. The summed E-state index contributed by atoms with van der Waals surface area (Å²) in [6.45, 7) is 2.36. The van der Waals surface area contributed by atoms with Crippen molar-refractivity contribution in [2.75, 3.05) is 11.9 Å². The number of aromatic hydroxyl groups is 1. The quantitative estimate of drug-likeness (QED) is 0.394. The lowest BCUT2D eigenvalue weighted by Gasteiger charge is -2.11. The van der Waals surface area contributed by atoms with Crippen LogP contribution in [0.15, 0.2) is 84.9 Å². The van der Waals surface area contributed by atoms with Gasteiger partial charge < -0.3 is 15.7 Å². The van der Waals surface area contributed by atoms with Crippen LogP contribution in [-0.2, 0) is 6.42 Å². The number of phenolic OH excluding ortho intramolecular Hbond substituents is 1. The lowest BCUT2D eigenvalue weighted by atomic mass is 10.1. The van der Waals surface area contributed by atoms with Gasteiger partial charge in [0, 0.05) is 29.4 Å². The SMILES string of the molecule is Cc1nc(Nc2cccc(C(=O)NCCc3ccc(O)cc3)c2)cc(-c2ccccc2)n1. The maximum absolute atomic E-state index is 12.6. The highest BCUT2D eigenvalue weighted by atomic mass is 16.3. The molecule has 3 aromatic carbocycles. The van der Waals surface area contributed by atoms with Crippen molar-refractivity contribution in [3.8, 4) is 17.0 Å². The number of benzene rings is 3. The average molecular weight is 425 g/mol. The van der Waals surface area contributed by atoms with Gasteiger partial charge in [0.15, 0.2) is 0 Å². The summed E-state index contributed by atoms with van der Waals surface area (Å²) < 4.78 is 0. The summed E-state index contributed by atoms with van der Waals surface area (Å²) in [5.74, 6) is 1.42. The monoisotopic (exact) mass is 424 g/mol. The van der Waals surface area contributed by atoms with Crippen molar-refractivity contribution in [3.05, 3.63) is 102 Å². The number of amides is 1. The summed E-state index contributed by atoms with van der Waals surface area (Å²) >= 11 is 0. The van der Waals surface area contributed by atoms with Crippen molar-refractivity contribution in [1.82, 2.24) is 15.3 Å². The van der Waals surface area contributed by atoms with Crippen LogP contribution in [0.5, 0.6) is 5.75 Å². The molecule has 0 spiro atoms. The number of aromatic nitrogens is 2. The molecular weight excluding hydrogens is 400 g/mol. The Bertz CT molecular complexity index is 1210. The number of hydrogen-bond acceptors (Lipinski definition) is 5. The van der Waals surface area contributed by atoms with E-state index in [1.54, 1.807) is 24.3 Å². The standard InChI is InChI=1S/C26H24N4O2/c1-18-28-24(20-6-3-2-4-7-20)17-25(29-18)30-22-9-5-8-21(16-22)26(32)27-15-14-19-10-12-23(31)13-11-19/h2-13,16-17,31H,14-15H2,1H3,(H,27,32)(H,28,29,30). The van der Waals surface area contributed by atoms with E-state index in [1.807, 2.05) is 67.6 Å². The fourth-order valence-corrected chi connectivity index (χ4v) is 3.36. The summed E-state index contributed by atoms with van der Waals surface area (Å²) in [6.07, 6.45) is 0.687. The minimum absolute atomic E-state index is 0.142. The number of carbonyl (C=O) groups excluding carboxylic acids is 1. The molecule has 160 valence electrons. The van der Waals surface area contributed by atoms with Gasteiger partial charge in [0.05, 0.1) is 5.69 Å². The fraction of sp³-hybridized carbons (Fsp3) is 0.115. The summed E-state index contributed by atoms with van der Waals surface area (Å²) in [7, 11) is 0. The first-order chi connectivity index (χ1) is 15.6. The lowest BCUT2D eigenvalue weighted by molar-refractivity contribution is 0.0954. The van der Waals surface area contributed by atoms with Gasteiger partial charge in [-0.1, -0.05) is 48.5 Å². The minimum Gasteiger partial charge on any atom is -0.508 e. The Morgan fingerprint density at radius 2 is 1.69 bits per heavy atom. The van der Waals surface area contributed by atoms with Crippen molar-refractivity contribution in [2.24, 2.45) is 0 Å². The van der Waals surface area contributed by atoms with E-state index in [2.05, 4.69) is 20.6 Å². The summed E-state index contributed by atoms with van der Waals surface area (Å²) in [5, 5.41) is 15.6. The Morgan fingerprint density at radius 3 is 2.47 bits per heavy atom. The molecule has 0 saturated heterocycles. The van der Waals surface area contributed by atoms with E-state index in [4.69, 9.17) is 0 Å². The third-order valence-corrected chi connectivity index (χ3v) is 4.94. The van der Waals surface area contributed by atoms with E-state index in [0.29, 0.717) is 30.2 Å². The van der Waals surface area contributed by atoms with Gasteiger partial charge in [-0.25, -0.2) is 9.97 Å². The summed E-state index contributed by atoms with van der Waals surface area (Å²) in [6, 6.07) is 26.1. The average Bonchev–Trinajstić information content (AvgIpc) is 2.81. The first-order valence-electron chi connectivity index (χ1n) is 10.4. The zero-order valence-corrected chi connectivity index (χ0v) is 17.7. The van der Waals surface area contributed by atoms with Crippen LogP contribution in [0.25, 0.3) is 11.3 Å². The summed E-state index contributed by atoms with van der Waals surface area (Å²) in [5.41, 5.74) is 4.24. The molecule has 0 fully saturated rings. The highest BCUT2D eigenvalue weighted by molar-refractivity contribution is 5.95. The smallest absolute Gasteiger partial charge is 0.251 e. The van der Waals surface area contributed by atoms with Gasteiger partial charge in [-0.3, -0.25) is 4.79 Å². The molecular formula is C26H24N4O2. The number of aryl methyl sites for hydroxylation is 1. The second-order valence-electron chi connectivity index (χ2n) is 7.43. The van der Waals surface area contributed by atoms with Crippen LogP contribution >= 0.6 is 0 Å². The highest BCUT2D eigenvalue weighted by Gasteiger charge is 2.08. The zero-order chi connectivity index (χ0) is 22.3. The molecule has 0 saturated carbocycles. The first kappa shape index (κ1) is 21.1. The van der Waals surface area contributed by atoms with E-state index in [0.717, 1.165) is 22.5 Å². The summed E-state index contributed by atoms with van der Waals surface area (Å²) in [4.78, 5) is 21.6. The number of nitrogens with zero attached hydrogens (tertiary/aromatic N) is 2. The number of hydrogen-bond donors (Lipinski definition) is 3. The van der Waals surface area contributed by atoms with Crippen LogP contribution in [0.3, 0.4) is 0 Å². The molecule has 0 radical (unpaired) electrons. The number of nitrogens with one attached hydrogen (secondary N) is 2. The van der Waals surface area contributed by atoms with Crippen LogP contribution in [0.1, 0.15) is 21.7 Å². The van der Waals surface area contributed by atoms with E-state index in [1.165, 1.54) is 0 Å². The van der Waals surface area contributed by atoms with E-state index >= 15 is 0 Å². The van der Waals surface area contributed by atoms with Crippen LogP contribution in [0.2, 0.25) is 0 Å². The third-order valence-electron chi connectivity index (χ3n) is 4.94. The Hall–Kier alpha value is -4.19. The van der Waals surface area contributed by atoms with Gasteiger partial charge in [-0.2, -0.15) is 0 Å². The topological polar surface area (TPSA) is 87.1 Å². The Kier molecular flexibility index (Phi) is 6.41. The number of rotatable bonds is 7. The van der Waals surface area contributed by atoms with Crippen molar-refractivity contribution >= 4 is 17.4 Å². The normalized spacial score (nSPS) is 10.5. The molecule has 0 aliphatic heterocycles. The van der Waals surface area contributed by atoms with E-state index in [9.17, 15) is 9.90 Å². The predicted octanol–water partition coefficient (Wildman–Crippen LogP) is 4.87. The van der Waals surface area contributed by atoms with Gasteiger partial charge in [-0.15, -0.1) is 0 Å². The fourth-order valence-electron chi connectivity index (χ4n) is 3.36. The highest BCUT2D eigenvalue weighted by Crippen LogP contribution is 2.22.